The molecule has 1 fully saturated rings. The Bertz CT molecular complexity index is 486. The second kappa shape index (κ2) is 7.75. The number of morpholine rings is 1. The van der Waals surface area contributed by atoms with Gasteiger partial charge in [-0.05, 0) is 35.8 Å². The van der Waals surface area contributed by atoms with Gasteiger partial charge in [0.25, 0.3) is 5.56 Å². The minimum absolute atomic E-state index is 0.0920. The van der Waals surface area contributed by atoms with Gasteiger partial charge in [-0.15, -0.1) is 0 Å². The molecule has 7 heteroatoms. The average molecular weight is 345 g/mol. The number of aromatic nitrogens is 2. The predicted octanol–water partition coefficient (Wildman–Crippen LogP) is 1.16. The van der Waals surface area contributed by atoms with Gasteiger partial charge in [-0.2, -0.15) is 5.10 Å². The highest BCUT2D eigenvalue weighted by atomic mass is 79.9. The fourth-order valence-corrected chi connectivity index (χ4v) is 2.61. The summed E-state index contributed by atoms with van der Waals surface area (Å²) in [7, 11) is 0. The Balaban J connectivity index is 1.79. The van der Waals surface area contributed by atoms with Gasteiger partial charge in [0.1, 0.15) is 4.47 Å². The zero-order valence-electron chi connectivity index (χ0n) is 11.8. The van der Waals surface area contributed by atoms with Crippen molar-refractivity contribution in [1.82, 2.24) is 14.7 Å². The molecule has 0 amide bonds. The van der Waals surface area contributed by atoms with Crippen LogP contribution >= 0.6 is 15.9 Å². The first-order valence-corrected chi connectivity index (χ1v) is 7.81. The Labute approximate surface area is 127 Å². The smallest absolute Gasteiger partial charge is 0.283 e. The number of rotatable bonds is 6. The Morgan fingerprint density at radius 3 is 2.90 bits per heavy atom. The standard InChI is InChI=1S/C13H21BrN4O2/c1-2-18-13(19)12(14)11(10-16-18)15-4-3-5-17-6-8-20-9-7-17/h10,15H,2-9H2,1H3. The summed E-state index contributed by atoms with van der Waals surface area (Å²) in [4.78, 5) is 14.3. The lowest BCUT2D eigenvalue weighted by Crippen LogP contribution is -2.37. The number of halogens is 1. The molecule has 0 radical (unpaired) electrons. The van der Waals surface area contributed by atoms with Gasteiger partial charge in [0, 0.05) is 26.2 Å². The molecule has 1 aliphatic heterocycles. The van der Waals surface area contributed by atoms with Crippen LogP contribution in [0.3, 0.4) is 0 Å². The van der Waals surface area contributed by atoms with E-state index in [0.717, 1.165) is 51.5 Å². The molecule has 0 aromatic carbocycles. The maximum Gasteiger partial charge on any atom is 0.283 e. The second-order valence-corrected chi connectivity index (χ2v) is 5.52. The van der Waals surface area contributed by atoms with E-state index in [-0.39, 0.29) is 5.56 Å². The molecular formula is C13H21BrN4O2. The molecule has 20 heavy (non-hydrogen) atoms. The van der Waals surface area contributed by atoms with Gasteiger partial charge < -0.3 is 10.1 Å². The fourth-order valence-electron chi connectivity index (χ4n) is 2.16. The van der Waals surface area contributed by atoms with Gasteiger partial charge in [-0.1, -0.05) is 0 Å². The number of nitrogens with one attached hydrogen (secondary N) is 1. The first-order valence-electron chi connectivity index (χ1n) is 7.02. The third-order valence-electron chi connectivity index (χ3n) is 3.35. The van der Waals surface area contributed by atoms with Crippen LogP contribution in [0.15, 0.2) is 15.5 Å². The highest BCUT2D eigenvalue weighted by molar-refractivity contribution is 9.10. The molecule has 1 aliphatic rings. The predicted molar refractivity (Wildman–Crippen MR) is 82.2 cm³/mol. The number of ether oxygens (including phenoxy) is 1. The largest absolute Gasteiger partial charge is 0.383 e. The van der Waals surface area contributed by atoms with Gasteiger partial charge in [-0.25, -0.2) is 4.68 Å². The zero-order chi connectivity index (χ0) is 14.4. The van der Waals surface area contributed by atoms with Crippen LogP contribution in [0.25, 0.3) is 0 Å². The second-order valence-electron chi connectivity index (χ2n) is 4.73. The molecule has 1 aromatic rings. The van der Waals surface area contributed by atoms with Crippen LogP contribution in [0.2, 0.25) is 0 Å². The summed E-state index contributed by atoms with van der Waals surface area (Å²) in [6, 6.07) is 0. The van der Waals surface area contributed by atoms with Crippen LogP contribution in [0, 0.1) is 0 Å². The molecule has 1 N–H and O–H groups in total. The molecule has 1 saturated heterocycles. The molecule has 1 aromatic heterocycles. The van der Waals surface area contributed by atoms with E-state index >= 15 is 0 Å². The van der Waals surface area contributed by atoms with Crippen molar-refractivity contribution in [2.75, 3.05) is 44.7 Å². The van der Waals surface area contributed by atoms with Crippen LogP contribution in [0.4, 0.5) is 5.69 Å². The molecule has 2 heterocycles. The van der Waals surface area contributed by atoms with Crippen molar-refractivity contribution >= 4 is 21.6 Å². The molecule has 0 saturated carbocycles. The number of aryl methyl sites for hydroxylation is 1. The van der Waals surface area contributed by atoms with E-state index in [1.165, 1.54) is 4.68 Å². The lowest BCUT2D eigenvalue weighted by atomic mass is 10.3. The summed E-state index contributed by atoms with van der Waals surface area (Å²) in [5, 5.41) is 7.37. The van der Waals surface area contributed by atoms with Gasteiger partial charge in [0.05, 0.1) is 25.1 Å². The molecule has 2 rings (SSSR count). The van der Waals surface area contributed by atoms with Crippen LogP contribution in [0.5, 0.6) is 0 Å². The number of nitrogens with zero attached hydrogens (tertiary/aromatic N) is 3. The van der Waals surface area contributed by atoms with Crippen LogP contribution < -0.4 is 10.9 Å². The van der Waals surface area contributed by atoms with E-state index in [2.05, 4.69) is 31.2 Å². The van der Waals surface area contributed by atoms with Crippen molar-refractivity contribution in [1.29, 1.82) is 0 Å². The van der Waals surface area contributed by atoms with E-state index in [4.69, 9.17) is 4.74 Å². The monoisotopic (exact) mass is 344 g/mol. The van der Waals surface area contributed by atoms with E-state index in [0.29, 0.717) is 11.0 Å². The van der Waals surface area contributed by atoms with Gasteiger partial charge in [-0.3, -0.25) is 9.69 Å². The Morgan fingerprint density at radius 1 is 1.45 bits per heavy atom. The quantitative estimate of drug-likeness (QED) is 0.784. The van der Waals surface area contributed by atoms with Gasteiger partial charge >= 0.3 is 0 Å². The van der Waals surface area contributed by atoms with E-state index in [1.54, 1.807) is 6.20 Å². The van der Waals surface area contributed by atoms with Crippen LogP contribution in [-0.4, -0.2) is 54.1 Å². The van der Waals surface area contributed by atoms with E-state index < -0.39 is 0 Å². The number of anilines is 1. The molecule has 0 unspecified atom stereocenters. The summed E-state index contributed by atoms with van der Waals surface area (Å²) < 4.78 is 7.31. The van der Waals surface area contributed by atoms with Crippen molar-refractivity contribution in [2.45, 2.75) is 19.9 Å². The minimum Gasteiger partial charge on any atom is -0.383 e. The first-order chi connectivity index (χ1) is 9.72. The summed E-state index contributed by atoms with van der Waals surface area (Å²) in [6.45, 7) is 8.04. The SMILES string of the molecule is CCn1ncc(NCCCN2CCOCC2)c(Br)c1=O. The summed E-state index contributed by atoms with van der Waals surface area (Å²) >= 11 is 3.34. The average Bonchev–Trinajstić information content (AvgIpc) is 2.49. The van der Waals surface area contributed by atoms with Crippen molar-refractivity contribution < 1.29 is 4.74 Å². The van der Waals surface area contributed by atoms with Gasteiger partial charge in [0.15, 0.2) is 0 Å². The molecule has 0 spiro atoms. The third kappa shape index (κ3) is 4.04. The molecule has 0 atom stereocenters. The summed E-state index contributed by atoms with van der Waals surface area (Å²) in [5.41, 5.74) is 0.673. The van der Waals surface area contributed by atoms with Crippen molar-refractivity contribution in [3.63, 3.8) is 0 Å². The minimum atomic E-state index is -0.0920. The molecule has 6 nitrogen and oxygen atoms in total. The Morgan fingerprint density at radius 2 is 2.20 bits per heavy atom. The van der Waals surface area contributed by atoms with E-state index in [1.807, 2.05) is 6.92 Å². The maximum atomic E-state index is 11.9. The number of hydrogen-bond acceptors (Lipinski definition) is 5. The first kappa shape index (κ1) is 15.5. The lowest BCUT2D eigenvalue weighted by Gasteiger charge is -2.26. The third-order valence-corrected chi connectivity index (χ3v) is 4.12. The van der Waals surface area contributed by atoms with Gasteiger partial charge in [0.2, 0.25) is 0 Å². The molecule has 0 aliphatic carbocycles. The highest BCUT2D eigenvalue weighted by Gasteiger charge is 2.10. The maximum absolute atomic E-state index is 11.9. The molecule has 0 bridgehead atoms. The topological polar surface area (TPSA) is 59.4 Å². The Hall–Kier alpha value is -0.920. The van der Waals surface area contributed by atoms with Crippen LogP contribution in [0.1, 0.15) is 13.3 Å². The van der Waals surface area contributed by atoms with Crippen LogP contribution in [-0.2, 0) is 11.3 Å². The molecule has 112 valence electrons. The summed E-state index contributed by atoms with van der Waals surface area (Å²) in [6.07, 6.45) is 2.73. The van der Waals surface area contributed by atoms with E-state index in [9.17, 15) is 4.79 Å². The Kier molecular flexibility index (Phi) is 6.00. The van der Waals surface area contributed by atoms with Crippen molar-refractivity contribution in [3.05, 3.63) is 21.0 Å². The normalized spacial score (nSPS) is 16.3. The molecular weight excluding hydrogens is 324 g/mol. The summed E-state index contributed by atoms with van der Waals surface area (Å²) in [5.74, 6) is 0. The highest BCUT2D eigenvalue weighted by Crippen LogP contribution is 2.15. The van der Waals surface area contributed by atoms with Crippen molar-refractivity contribution in [3.8, 4) is 0 Å². The number of hydrogen-bond donors (Lipinski definition) is 1. The zero-order valence-corrected chi connectivity index (χ0v) is 13.4. The fraction of sp³-hybridized carbons (Fsp3) is 0.692. The lowest BCUT2D eigenvalue weighted by molar-refractivity contribution is 0.0378. The van der Waals surface area contributed by atoms with Crippen molar-refractivity contribution in [2.24, 2.45) is 0 Å².